The van der Waals surface area contributed by atoms with Crippen LogP contribution in [-0.2, 0) is 46.1 Å². The Kier molecular flexibility index (Phi) is 29.1. The molecule has 16 heteroatoms. The van der Waals surface area contributed by atoms with Crippen LogP contribution in [0.15, 0.2) is 36.4 Å². The Morgan fingerprint density at radius 3 is 1.51 bits per heavy atom. The van der Waals surface area contributed by atoms with Crippen LogP contribution in [0.2, 0.25) is 0 Å². The fourth-order valence-corrected chi connectivity index (χ4v) is 6.87. The second kappa shape index (κ2) is 32.5. The Hall–Kier alpha value is -5.24. The SMILES string of the molecule is CCOC(=O)C#C[C@H](O)[C@H](C[C@H](Cc1ccc(OC)c(OCCCOC)c1)C(C)C)NC(=O)OC(C)(C)C.COCCCOc1cc(C[C@@H](C[C@@H](C=O)NC(=O)OC(C)(C)C)C(C)C)ccc1OC. The molecule has 0 bridgehead atoms. The second-order valence-corrected chi connectivity index (χ2v) is 19.3. The Bertz CT molecular complexity index is 1880. The molecule has 0 aromatic heterocycles. The summed E-state index contributed by atoms with van der Waals surface area (Å²) in [6.45, 7) is 23.2. The predicted octanol–water partition coefficient (Wildman–Crippen LogP) is 8.54. The lowest BCUT2D eigenvalue weighted by atomic mass is 9.83. The van der Waals surface area contributed by atoms with E-state index in [4.69, 9.17) is 42.6 Å². The van der Waals surface area contributed by atoms with Crippen LogP contribution in [0.25, 0.3) is 0 Å². The number of carbonyl (C=O) groups is 4. The van der Waals surface area contributed by atoms with E-state index in [2.05, 4.69) is 50.2 Å². The van der Waals surface area contributed by atoms with Crippen molar-refractivity contribution in [3.63, 3.8) is 0 Å². The number of methoxy groups -OCH3 is 4. The first kappa shape index (κ1) is 61.8. The molecule has 3 N–H and O–H groups in total. The van der Waals surface area contributed by atoms with E-state index in [0.717, 1.165) is 36.7 Å². The molecule has 0 aliphatic heterocycles. The molecule has 16 nitrogen and oxygen atoms in total. The fraction of sp³-hybridized carbons (Fsp3) is 0.660. The summed E-state index contributed by atoms with van der Waals surface area (Å²) in [6, 6.07) is 10.3. The summed E-state index contributed by atoms with van der Waals surface area (Å²) in [7, 11) is 6.53. The third-order valence-corrected chi connectivity index (χ3v) is 10.5. The van der Waals surface area contributed by atoms with Crippen molar-refractivity contribution < 1.29 is 66.9 Å². The van der Waals surface area contributed by atoms with Gasteiger partial charge in [-0.2, -0.15) is 0 Å². The highest BCUT2D eigenvalue weighted by atomic mass is 16.6. The van der Waals surface area contributed by atoms with Crippen LogP contribution in [0, 0.1) is 35.5 Å². The third kappa shape index (κ3) is 26.9. The Labute approximate surface area is 412 Å². The number of aldehydes is 1. The van der Waals surface area contributed by atoms with E-state index >= 15 is 0 Å². The minimum atomic E-state index is -1.30. The van der Waals surface area contributed by atoms with Crippen LogP contribution in [0.4, 0.5) is 9.59 Å². The summed E-state index contributed by atoms with van der Waals surface area (Å²) in [6.07, 6.45) is 2.08. The number of amides is 2. The van der Waals surface area contributed by atoms with Crippen molar-refractivity contribution in [3.8, 4) is 34.8 Å². The number of ether oxygens (including phenoxy) is 9. The van der Waals surface area contributed by atoms with E-state index in [0.29, 0.717) is 74.6 Å². The Morgan fingerprint density at radius 2 is 1.12 bits per heavy atom. The van der Waals surface area contributed by atoms with Gasteiger partial charge in [0.2, 0.25) is 0 Å². The minimum absolute atomic E-state index is 0.0451. The van der Waals surface area contributed by atoms with Crippen LogP contribution in [0.3, 0.4) is 0 Å². The van der Waals surface area contributed by atoms with Gasteiger partial charge in [0, 0.05) is 46.2 Å². The number of benzene rings is 2. The third-order valence-electron chi connectivity index (χ3n) is 10.5. The van der Waals surface area contributed by atoms with E-state index in [-0.39, 0.29) is 24.4 Å². The molecule has 0 unspecified atom stereocenters. The first-order valence-corrected chi connectivity index (χ1v) is 23.9. The fourth-order valence-electron chi connectivity index (χ4n) is 6.87. The molecular formula is C53H84N2O14. The summed E-state index contributed by atoms with van der Waals surface area (Å²) < 4.78 is 48.3. The van der Waals surface area contributed by atoms with Gasteiger partial charge in [-0.15, -0.1) is 0 Å². The van der Waals surface area contributed by atoms with Gasteiger partial charge >= 0.3 is 18.2 Å². The van der Waals surface area contributed by atoms with Gasteiger partial charge in [-0.3, -0.25) is 0 Å². The number of aliphatic hydroxyl groups is 1. The number of esters is 1. The molecule has 0 heterocycles. The van der Waals surface area contributed by atoms with Crippen LogP contribution in [-0.4, -0.2) is 120 Å². The maximum absolute atomic E-state index is 12.6. The Balaban J connectivity index is 0.000000704. The van der Waals surface area contributed by atoms with Crippen LogP contribution in [0.1, 0.15) is 113 Å². The van der Waals surface area contributed by atoms with E-state index < -0.39 is 47.5 Å². The standard InChI is InChI=1S/C29H45NO8.C24H39NO6/c1-9-36-27(32)14-12-24(31)23(30-28(33)38-29(4,5)6)19-22(20(2)3)17-21-11-13-25(35-8)26(18-21)37-16-10-15-34-7;1-17(2)19(15-20(16-26)25-23(27)31-24(3,4)5)13-18-9-10-21(29-7)22(14-18)30-12-8-11-28-6/h11,13,18,20,22-24,31H,9-10,15-17,19H2,1-8H3,(H,30,33);9-10,14,16-17,19-20H,8,11-13,15H2,1-7H3,(H,25,27)/t22-,23-,24-;19-,20-/m00/s1. The van der Waals surface area contributed by atoms with Crippen LogP contribution < -0.4 is 29.6 Å². The average Bonchev–Trinajstić information content (AvgIpc) is 3.26. The number of hydrogen-bond acceptors (Lipinski definition) is 14. The van der Waals surface area contributed by atoms with Crippen molar-refractivity contribution in [2.24, 2.45) is 23.7 Å². The van der Waals surface area contributed by atoms with E-state index in [1.807, 2.05) is 36.4 Å². The molecule has 0 aliphatic rings. The molecule has 0 fully saturated rings. The zero-order valence-corrected chi connectivity index (χ0v) is 44.1. The summed E-state index contributed by atoms with van der Waals surface area (Å²) in [4.78, 5) is 47.9. The monoisotopic (exact) mass is 973 g/mol. The van der Waals surface area contributed by atoms with Gasteiger partial charge in [0.1, 0.15) is 23.6 Å². The molecule has 0 saturated carbocycles. The van der Waals surface area contributed by atoms with Crippen molar-refractivity contribution in [2.75, 3.05) is 61.5 Å². The summed E-state index contributed by atoms with van der Waals surface area (Å²) in [5.74, 6) is 7.48. The Morgan fingerprint density at radius 1 is 0.667 bits per heavy atom. The maximum atomic E-state index is 12.6. The molecule has 0 saturated heterocycles. The van der Waals surface area contributed by atoms with Crippen LogP contribution in [0.5, 0.6) is 23.0 Å². The molecule has 0 aliphatic carbocycles. The van der Waals surface area contributed by atoms with E-state index in [9.17, 15) is 24.3 Å². The van der Waals surface area contributed by atoms with Gasteiger partial charge in [-0.05, 0) is 133 Å². The molecule has 2 rings (SSSR count). The van der Waals surface area contributed by atoms with E-state index in [1.54, 1.807) is 76.9 Å². The lowest BCUT2D eigenvalue weighted by Gasteiger charge is -2.29. The molecule has 0 spiro atoms. The van der Waals surface area contributed by atoms with Gasteiger partial charge in [0.05, 0.1) is 46.1 Å². The number of alkyl carbamates (subject to hydrolysis) is 2. The summed E-state index contributed by atoms with van der Waals surface area (Å²) in [5.41, 5.74) is 0.784. The zero-order valence-electron chi connectivity index (χ0n) is 44.1. The molecule has 390 valence electrons. The minimum Gasteiger partial charge on any atom is -0.493 e. The molecule has 69 heavy (non-hydrogen) atoms. The van der Waals surface area contributed by atoms with Crippen molar-refractivity contribution in [1.29, 1.82) is 0 Å². The first-order valence-electron chi connectivity index (χ1n) is 23.9. The van der Waals surface area contributed by atoms with Crippen molar-refractivity contribution >= 4 is 24.4 Å². The highest BCUT2D eigenvalue weighted by molar-refractivity contribution is 5.88. The van der Waals surface area contributed by atoms with Crippen molar-refractivity contribution in [3.05, 3.63) is 47.5 Å². The van der Waals surface area contributed by atoms with Gasteiger partial charge in [0.15, 0.2) is 23.0 Å². The second-order valence-electron chi connectivity index (χ2n) is 19.3. The van der Waals surface area contributed by atoms with Gasteiger partial charge in [0.25, 0.3) is 0 Å². The molecule has 2 aromatic rings. The summed E-state index contributed by atoms with van der Waals surface area (Å²) >= 11 is 0. The first-order chi connectivity index (χ1) is 32.5. The average molecular weight is 973 g/mol. The number of nitrogens with one attached hydrogen (secondary N) is 2. The lowest BCUT2D eigenvalue weighted by molar-refractivity contribution is -0.136. The van der Waals surface area contributed by atoms with Gasteiger partial charge in [-0.1, -0.05) is 45.7 Å². The number of aliphatic hydroxyl groups excluding tert-OH is 1. The predicted molar refractivity (Wildman–Crippen MR) is 266 cm³/mol. The molecular weight excluding hydrogens is 889 g/mol. The maximum Gasteiger partial charge on any atom is 0.408 e. The molecule has 2 amide bonds. The molecule has 5 atom stereocenters. The number of carbonyl (C=O) groups excluding carboxylic acids is 4. The highest BCUT2D eigenvalue weighted by Gasteiger charge is 2.29. The lowest BCUT2D eigenvalue weighted by Crippen LogP contribution is -2.46. The topological polar surface area (TPSA) is 196 Å². The van der Waals surface area contributed by atoms with Gasteiger partial charge in [-0.25, -0.2) is 14.4 Å². The van der Waals surface area contributed by atoms with Gasteiger partial charge < -0.3 is 63.2 Å². The largest absolute Gasteiger partial charge is 0.493 e. The van der Waals surface area contributed by atoms with E-state index in [1.165, 1.54) is 0 Å². The smallest absolute Gasteiger partial charge is 0.408 e. The molecule has 2 aromatic carbocycles. The van der Waals surface area contributed by atoms with Crippen LogP contribution >= 0.6 is 0 Å². The quantitative estimate of drug-likeness (QED) is 0.0192. The number of hydrogen-bond donors (Lipinski definition) is 3. The zero-order chi connectivity index (χ0) is 52.2. The summed E-state index contributed by atoms with van der Waals surface area (Å²) in [5, 5.41) is 16.3. The van der Waals surface area contributed by atoms with Crippen molar-refractivity contribution in [2.45, 2.75) is 144 Å². The normalized spacial score (nSPS) is 13.5. The molecule has 0 radical (unpaired) electrons. The number of rotatable bonds is 27. The highest BCUT2D eigenvalue weighted by Crippen LogP contribution is 2.33. The van der Waals surface area contributed by atoms with Crippen molar-refractivity contribution in [1.82, 2.24) is 10.6 Å².